The number of benzene rings is 4. The minimum absolute atomic E-state index is 0.00935. The molecule has 8 nitrogen and oxygen atoms in total. The lowest BCUT2D eigenvalue weighted by atomic mass is 9.75. The lowest BCUT2D eigenvalue weighted by Gasteiger charge is -2.50. The zero-order valence-corrected chi connectivity index (χ0v) is 31.9. The minimum atomic E-state index is -0.602. The molecule has 3 fully saturated rings. The fourth-order valence-electron chi connectivity index (χ4n) is 8.64. The first-order chi connectivity index (χ1) is 26.1. The lowest BCUT2D eigenvalue weighted by Crippen LogP contribution is -2.61. The number of carbonyl (C=O) groups excluding carboxylic acids is 2. The van der Waals surface area contributed by atoms with E-state index in [-0.39, 0.29) is 42.2 Å². The van der Waals surface area contributed by atoms with E-state index in [1.807, 2.05) is 93.6 Å². The first-order valence-electron chi connectivity index (χ1n) is 19.7. The van der Waals surface area contributed by atoms with Crippen LogP contribution in [0.15, 0.2) is 103 Å². The fourth-order valence-corrected chi connectivity index (χ4v) is 8.64. The molecule has 0 bridgehead atoms. The normalized spacial score (nSPS) is 24.7. The summed E-state index contributed by atoms with van der Waals surface area (Å²) in [6.45, 7) is 7.21. The van der Waals surface area contributed by atoms with E-state index in [4.69, 9.17) is 9.47 Å². The van der Waals surface area contributed by atoms with Crippen LogP contribution < -0.4 is 10.6 Å². The van der Waals surface area contributed by atoms with Gasteiger partial charge in [-0.3, -0.25) is 14.5 Å². The molecule has 284 valence electrons. The van der Waals surface area contributed by atoms with E-state index in [0.29, 0.717) is 37.0 Å². The smallest absolute Gasteiger partial charge is 0.251 e. The molecule has 1 aliphatic carbocycles. The highest BCUT2D eigenvalue weighted by Gasteiger charge is 2.44. The number of fused-ring (bicyclic) bond motifs is 1. The van der Waals surface area contributed by atoms with Gasteiger partial charge in [-0.25, -0.2) is 0 Å². The topological polar surface area (TPSA) is 100 Å². The number of nitrogens with zero attached hydrogens (tertiary/aromatic N) is 1. The number of nitrogens with one attached hydrogen (secondary N) is 2. The van der Waals surface area contributed by atoms with Gasteiger partial charge in [0.15, 0.2) is 6.29 Å². The van der Waals surface area contributed by atoms with Crippen LogP contribution in [0.4, 0.5) is 0 Å². The van der Waals surface area contributed by atoms with Crippen LogP contribution in [0.25, 0.3) is 11.1 Å². The van der Waals surface area contributed by atoms with Gasteiger partial charge in [0.05, 0.1) is 24.9 Å². The van der Waals surface area contributed by atoms with Crippen molar-refractivity contribution in [2.75, 3.05) is 6.54 Å². The molecule has 4 aromatic carbocycles. The maximum absolute atomic E-state index is 13.8. The van der Waals surface area contributed by atoms with Crippen LogP contribution in [0.3, 0.4) is 0 Å². The van der Waals surface area contributed by atoms with E-state index < -0.39 is 6.29 Å². The standard InChI is InChI=1S/C46H55N3O5/c1-46(2,3)48-44(52)41-26-25-33-11-8-10-16-40(33)49(41)29-38-27-42(34-19-17-31(30-50)18-20-34)54-45(53-38)36-23-21-32(22-24-36)39-15-9-7-14-37(39)28-47-43(51)35-12-5-4-6-13-35/h4-7,9,12-15,17-24,33,38,40-42,45,50H,8,10-11,16,25-30H2,1-3H3,(H,47,51)(H,48,52)/t33-,38-,40-,41-,42+,45+/m1/s1. The zero-order chi connectivity index (χ0) is 37.7. The predicted octanol–water partition coefficient (Wildman–Crippen LogP) is 8.26. The molecular weight excluding hydrogens is 675 g/mol. The molecule has 6 atom stereocenters. The zero-order valence-electron chi connectivity index (χ0n) is 31.9. The number of carbonyl (C=O) groups is 2. The van der Waals surface area contributed by atoms with Gasteiger partial charge in [-0.2, -0.15) is 0 Å². The van der Waals surface area contributed by atoms with Gasteiger partial charge in [0.2, 0.25) is 5.91 Å². The summed E-state index contributed by atoms with van der Waals surface area (Å²) in [6, 6.07) is 33.9. The molecule has 2 amide bonds. The van der Waals surface area contributed by atoms with E-state index in [1.54, 1.807) is 0 Å². The number of rotatable bonds is 10. The van der Waals surface area contributed by atoms with Crippen molar-refractivity contribution in [1.82, 2.24) is 15.5 Å². The molecule has 2 heterocycles. The number of hydrogen-bond donors (Lipinski definition) is 3. The molecule has 7 rings (SSSR count). The van der Waals surface area contributed by atoms with Crippen LogP contribution in [0.5, 0.6) is 0 Å². The van der Waals surface area contributed by atoms with E-state index >= 15 is 0 Å². The quantitative estimate of drug-likeness (QED) is 0.152. The van der Waals surface area contributed by atoms with Crippen molar-refractivity contribution in [2.45, 2.75) is 115 Å². The Morgan fingerprint density at radius 3 is 2.24 bits per heavy atom. The van der Waals surface area contributed by atoms with Crippen molar-refractivity contribution in [3.63, 3.8) is 0 Å². The third-order valence-corrected chi connectivity index (χ3v) is 11.3. The van der Waals surface area contributed by atoms with E-state index in [0.717, 1.165) is 52.6 Å². The fraction of sp³-hybridized carbons (Fsp3) is 0.435. The van der Waals surface area contributed by atoms with Gasteiger partial charge in [-0.05, 0) is 92.3 Å². The van der Waals surface area contributed by atoms with Crippen LogP contribution in [0, 0.1) is 5.92 Å². The number of amides is 2. The third-order valence-electron chi connectivity index (χ3n) is 11.3. The first kappa shape index (κ1) is 38.0. The van der Waals surface area contributed by atoms with Crippen LogP contribution in [-0.4, -0.2) is 52.1 Å². The summed E-state index contributed by atoms with van der Waals surface area (Å²) < 4.78 is 13.6. The molecule has 3 aliphatic rings. The molecule has 2 saturated heterocycles. The largest absolute Gasteiger partial charge is 0.392 e. The van der Waals surface area contributed by atoms with Crippen molar-refractivity contribution in [3.8, 4) is 11.1 Å². The number of ether oxygens (including phenoxy) is 2. The molecule has 0 radical (unpaired) electrons. The summed E-state index contributed by atoms with van der Waals surface area (Å²) in [5.74, 6) is 0.617. The van der Waals surface area contributed by atoms with Crippen LogP contribution in [-0.2, 0) is 27.4 Å². The van der Waals surface area contributed by atoms with Crippen LogP contribution in [0.1, 0.15) is 111 Å². The summed E-state index contributed by atoms with van der Waals surface area (Å²) >= 11 is 0. The Kier molecular flexibility index (Phi) is 11.9. The van der Waals surface area contributed by atoms with E-state index in [2.05, 4.69) is 45.9 Å². The maximum atomic E-state index is 13.8. The summed E-state index contributed by atoms with van der Waals surface area (Å²) in [5, 5.41) is 16.1. The van der Waals surface area contributed by atoms with Gasteiger partial charge in [0, 0.05) is 42.2 Å². The number of aliphatic hydroxyl groups excluding tert-OH is 1. The maximum Gasteiger partial charge on any atom is 0.251 e. The highest BCUT2D eigenvalue weighted by atomic mass is 16.7. The Hall–Kier alpha value is -4.34. The van der Waals surface area contributed by atoms with Crippen molar-refractivity contribution in [1.29, 1.82) is 0 Å². The molecule has 8 heteroatoms. The molecule has 0 spiro atoms. The highest BCUT2D eigenvalue weighted by Crippen LogP contribution is 2.42. The highest BCUT2D eigenvalue weighted by molar-refractivity contribution is 5.94. The van der Waals surface area contributed by atoms with Crippen molar-refractivity contribution in [3.05, 3.63) is 131 Å². The Balaban J connectivity index is 1.13. The summed E-state index contributed by atoms with van der Waals surface area (Å²) in [7, 11) is 0. The average molecular weight is 730 g/mol. The second-order valence-electron chi connectivity index (χ2n) is 16.3. The molecule has 1 saturated carbocycles. The van der Waals surface area contributed by atoms with Gasteiger partial charge in [-0.1, -0.05) is 104 Å². The lowest BCUT2D eigenvalue weighted by molar-refractivity contribution is -0.255. The molecule has 2 aliphatic heterocycles. The Morgan fingerprint density at radius 1 is 0.796 bits per heavy atom. The molecular formula is C46H55N3O5. The summed E-state index contributed by atoms with van der Waals surface area (Å²) in [6.07, 6.45) is 6.42. The monoisotopic (exact) mass is 729 g/mol. The predicted molar refractivity (Wildman–Crippen MR) is 211 cm³/mol. The van der Waals surface area contributed by atoms with Crippen LogP contribution in [0.2, 0.25) is 0 Å². The summed E-state index contributed by atoms with van der Waals surface area (Å²) in [4.78, 5) is 29.1. The molecule has 0 unspecified atom stereocenters. The van der Waals surface area contributed by atoms with Gasteiger partial charge >= 0.3 is 0 Å². The molecule has 0 aromatic heterocycles. The number of hydrogen-bond acceptors (Lipinski definition) is 6. The average Bonchev–Trinajstić information content (AvgIpc) is 3.20. The minimum Gasteiger partial charge on any atom is -0.392 e. The van der Waals surface area contributed by atoms with Gasteiger partial charge in [0.25, 0.3) is 5.91 Å². The van der Waals surface area contributed by atoms with E-state index in [1.165, 1.54) is 19.3 Å². The Bertz CT molecular complexity index is 1860. The van der Waals surface area contributed by atoms with Gasteiger partial charge in [0.1, 0.15) is 0 Å². The van der Waals surface area contributed by atoms with E-state index in [9.17, 15) is 14.7 Å². The molecule has 4 aromatic rings. The SMILES string of the molecule is CC(C)(C)NC(=O)[C@H]1CC[C@H]2CCCC[C@H]2N1C[C@H]1C[C@@H](c2ccc(CO)cc2)O[C@@H](c2ccc(-c3ccccc3CNC(=O)c3ccccc3)cc2)O1. The Labute approximate surface area is 320 Å². The second-order valence-corrected chi connectivity index (χ2v) is 16.3. The van der Waals surface area contributed by atoms with Crippen molar-refractivity contribution < 1.29 is 24.2 Å². The van der Waals surface area contributed by atoms with Crippen molar-refractivity contribution >= 4 is 11.8 Å². The molecule has 54 heavy (non-hydrogen) atoms. The van der Waals surface area contributed by atoms with Crippen molar-refractivity contribution in [2.24, 2.45) is 5.92 Å². The number of aliphatic hydroxyl groups is 1. The summed E-state index contributed by atoms with van der Waals surface area (Å²) in [5.41, 5.74) is 6.27. The van der Waals surface area contributed by atoms with Gasteiger partial charge < -0.3 is 25.2 Å². The Morgan fingerprint density at radius 2 is 1.50 bits per heavy atom. The van der Waals surface area contributed by atoms with Crippen LogP contribution >= 0.6 is 0 Å². The van der Waals surface area contributed by atoms with Gasteiger partial charge in [-0.15, -0.1) is 0 Å². The third kappa shape index (κ3) is 9.12. The second kappa shape index (κ2) is 17.0. The number of piperidine rings is 1. The molecule has 3 N–H and O–H groups in total. The first-order valence-corrected chi connectivity index (χ1v) is 19.7. The number of likely N-dealkylation sites (tertiary alicyclic amines) is 1.